The van der Waals surface area contributed by atoms with Crippen molar-refractivity contribution < 1.29 is 14.6 Å². The van der Waals surface area contributed by atoms with Crippen LogP contribution in [-0.2, 0) is 4.74 Å². The molecule has 1 aliphatic heterocycles. The molecule has 1 saturated heterocycles. The van der Waals surface area contributed by atoms with Crippen molar-refractivity contribution in [1.29, 1.82) is 0 Å². The van der Waals surface area contributed by atoms with Gasteiger partial charge in [-0.2, -0.15) is 0 Å². The van der Waals surface area contributed by atoms with Gasteiger partial charge in [-0.3, -0.25) is 4.90 Å². The third-order valence-electron chi connectivity index (χ3n) is 4.67. The number of hydrogen-bond donors (Lipinski definition) is 2. The number of carboxylic acid groups (broad SMARTS) is 1. The fourth-order valence-corrected chi connectivity index (χ4v) is 4.25. The quantitative estimate of drug-likeness (QED) is 0.654. The van der Waals surface area contributed by atoms with Crippen LogP contribution in [0.3, 0.4) is 0 Å². The van der Waals surface area contributed by atoms with Gasteiger partial charge >= 0.3 is 6.09 Å². The standard InChI is InChI=1S/C20H21N5O3S/c1-12-7-8-21-17(9-12)24-16-6-4-5-13(23-16)15-10-22-18(29-15)14-11-28-20(2,3)25(14)19(26)27/h4-10,14H,11H2,1-3H3,(H,26,27)(H,21,23,24)/t14-/m0/s1. The van der Waals surface area contributed by atoms with Gasteiger partial charge in [0.15, 0.2) is 0 Å². The van der Waals surface area contributed by atoms with Crippen LogP contribution in [-0.4, -0.2) is 43.4 Å². The topological polar surface area (TPSA) is 100 Å². The van der Waals surface area contributed by atoms with Gasteiger partial charge in [-0.25, -0.2) is 19.7 Å². The molecule has 0 aliphatic carbocycles. The van der Waals surface area contributed by atoms with Crippen molar-refractivity contribution in [2.24, 2.45) is 0 Å². The van der Waals surface area contributed by atoms with Crippen LogP contribution in [0.2, 0.25) is 0 Å². The summed E-state index contributed by atoms with van der Waals surface area (Å²) < 4.78 is 5.67. The lowest BCUT2D eigenvalue weighted by atomic mass is 10.2. The number of pyridine rings is 2. The summed E-state index contributed by atoms with van der Waals surface area (Å²) in [6.07, 6.45) is 2.45. The van der Waals surface area contributed by atoms with Gasteiger partial charge in [0.2, 0.25) is 0 Å². The largest absolute Gasteiger partial charge is 0.465 e. The number of anilines is 2. The molecule has 1 fully saturated rings. The molecule has 2 N–H and O–H groups in total. The Morgan fingerprint density at radius 3 is 2.90 bits per heavy atom. The van der Waals surface area contributed by atoms with Gasteiger partial charge in [-0.1, -0.05) is 6.07 Å². The fourth-order valence-electron chi connectivity index (χ4n) is 3.29. The zero-order valence-electron chi connectivity index (χ0n) is 16.3. The first kappa shape index (κ1) is 19.3. The Kier molecular flexibility index (Phi) is 4.93. The molecule has 29 heavy (non-hydrogen) atoms. The summed E-state index contributed by atoms with van der Waals surface area (Å²) in [6.45, 7) is 5.77. The second-order valence-corrected chi connectivity index (χ2v) is 8.30. The summed E-state index contributed by atoms with van der Waals surface area (Å²) in [5, 5.41) is 13.5. The number of nitrogens with one attached hydrogen (secondary N) is 1. The lowest BCUT2D eigenvalue weighted by Crippen LogP contribution is -2.43. The highest BCUT2D eigenvalue weighted by Gasteiger charge is 2.45. The van der Waals surface area contributed by atoms with Crippen molar-refractivity contribution in [2.45, 2.75) is 32.5 Å². The Morgan fingerprint density at radius 2 is 2.14 bits per heavy atom. The lowest BCUT2D eigenvalue weighted by molar-refractivity contribution is -0.0420. The number of carbonyl (C=O) groups is 1. The molecule has 3 aromatic rings. The third-order valence-corrected chi connectivity index (χ3v) is 5.80. The van der Waals surface area contributed by atoms with Crippen molar-refractivity contribution in [3.63, 3.8) is 0 Å². The molecule has 4 rings (SSSR count). The normalized spacial score (nSPS) is 18.0. The number of nitrogens with zero attached hydrogens (tertiary/aromatic N) is 4. The van der Waals surface area contributed by atoms with Crippen LogP contribution in [0.15, 0.2) is 42.7 Å². The van der Waals surface area contributed by atoms with Gasteiger partial charge in [-0.15, -0.1) is 11.3 Å². The van der Waals surface area contributed by atoms with Crippen LogP contribution in [0, 0.1) is 6.92 Å². The predicted molar refractivity (Wildman–Crippen MR) is 110 cm³/mol. The SMILES string of the molecule is Cc1ccnc(Nc2cccc(-c3cnc([C@@H]4COC(C)(C)N4C(=O)O)s3)n2)c1. The van der Waals surface area contributed by atoms with Crippen LogP contribution >= 0.6 is 11.3 Å². The summed E-state index contributed by atoms with van der Waals surface area (Å²) in [6, 6.07) is 9.12. The lowest BCUT2D eigenvalue weighted by Gasteiger charge is -2.30. The Balaban J connectivity index is 1.58. The third kappa shape index (κ3) is 3.92. The first-order chi connectivity index (χ1) is 13.8. The number of aryl methyl sites for hydroxylation is 1. The summed E-state index contributed by atoms with van der Waals surface area (Å²) in [7, 11) is 0. The Morgan fingerprint density at radius 1 is 1.31 bits per heavy atom. The van der Waals surface area contributed by atoms with E-state index < -0.39 is 17.9 Å². The van der Waals surface area contributed by atoms with Crippen LogP contribution < -0.4 is 5.32 Å². The van der Waals surface area contributed by atoms with Gasteiger partial charge < -0.3 is 15.2 Å². The molecule has 1 atom stereocenters. The molecule has 0 unspecified atom stereocenters. The minimum Gasteiger partial charge on any atom is -0.465 e. The molecule has 150 valence electrons. The summed E-state index contributed by atoms with van der Waals surface area (Å²) in [5.74, 6) is 1.40. The van der Waals surface area contributed by atoms with E-state index >= 15 is 0 Å². The molecular weight excluding hydrogens is 390 g/mol. The van der Waals surface area contributed by atoms with E-state index in [1.807, 2.05) is 37.3 Å². The summed E-state index contributed by atoms with van der Waals surface area (Å²) in [4.78, 5) is 27.3. The van der Waals surface area contributed by atoms with Crippen LogP contribution in [0.5, 0.6) is 0 Å². The van der Waals surface area contributed by atoms with E-state index in [4.69, 9.17) is 4.74 Å². The molecule has 0 spiro atoms. The molecule has 0 saturated carbocycles. The van der Waals surface area contributed by atoms with Crippen LogP contribution in [0.1, 0.15) is 30.5 Å². The maximum absolute atomic E-state index is 11.7. The van der Waals surface area contributed by atoms with E-state index in [1.165, 1.54) is 16.2 Å². The van der Waals surface area contributed by atoms with Crippen molar-refractivity contribution in [3.8, 4) is 10.6 Å². The van der Waals surface area contributed by atoms with Crippen molar-refractivity contribution in [3.05, 3.63) is 53.3 Å². The zero-order chi connectivity index (χ0) is 20.6. The predicted octanol–water partition coefficient (Wildman–Crippen LogP) is 4.44. The molecule has 8 nitrogen and oxygen atoms in total. The van der Waals surface area contributed by atoms with Crippen molar-refractivity contribution >= 4 is 29.1 Å². The molecule has 0 bridgehead atoms. The van der Waals surface area contributed by atoms with Crippen molar-refractivity contribution in [1.82, 2.24) is 19.9 Å². The fraction of sp³-hybridized carbons (Fsp3) is 0.300. The number of hydrogen-bond acceptors (Lipinski definition) is 7. The highest BCUT2D eigenvalue weighted by molar-refractivity contribution is 7.15. The molecule has 9 heteroatoms. The maximum atomic E-state index is 11.7. The molecular formula is C20H21N5O3S. The van der Waals surface area contributed by atoms with E-state index in [1.54, 1.807) is 26.2 Å². The number of rotatable bonds is 4. The Labute approximate surface area is 172 Å². The molecule has 1 amide bonds. The van der Waals surface area contributed by atoms with E-state index in [-0.39, 0.29) is 6.61 Å². The highest BCUT2D eigenvalue weighted by atomic mass is 32.1. The first-order valence-corrected chi connectivity index (χ1v) is 9.94. The van der Waals surface area contributed by atoms with Crippen molar-refractivity contribution in [2.75, 3.05) is 11.9 Å². The van der Waals surface area contributed by atoms with Gasteiger partial charge in [-0.05, 0) is 50.6 Å². The zero-order valence-corrected chi connectivity index (χ0v) is 17.1. The second kappa shape index (κ2) is 7.41. The molecule has 0 aromatic carbocycles. The molecule has 0 radical (unpaired) electrons. The van der Waals surface area contributed by atoms with Crippen LogP contribution in [0.4, 0.5) is 16.4 Å². The summed E-state index contributed by atoms with van der Waals surface area (Å²) >= 11 is 1.42. The Bertz CT molecular complexity index is 1050. The van der Waals surface area contributed by atoms with Crippen LogP contribution in [0.25, 0.3) is 10.6 Å². The average molecular weight is 411 g/mol. The minimum atomic E-state index is -1.02. The number of aromatic nitrogens is 3. The highest BCUT2D eigenvalue weighted by Crippen LogP contribution is 2.39. The Hall–Kier alpha value is -3.04. The molecule has 1 aliphatic rings. The minimum absolute atomic E-state index is 0.278. The first-order valence-electron chi connectivity index (χ1n) is 9.12. The smallest absolute Gasteiger partial charge is 0.410 e. The van der Waals surface area contributed by atoms with E-state index in [9.17, 15) is 9.90 Å². The number of ether oxygens (including phenoxy) is 1. The number of amides is 1. The van der Waals surface area contributed by atoms with E-state index in [2.05, 4.69) is 20.3 Å². The average Bonchev–Trinajstić information content (AvgIpc) is 3.26. The van der Waals surface area contributed by atoms with Gasteiger partial charge in [0.05, 0.1) is 17.2 Å². The number of thiazole rings is 1. The summed E-state index contributed by atoms with van der Waals surface area (Å²) in [5.41, 5.74) is 0.979. The second-order valence-electron chi connectivity index (χ2n) is 7.24. The monoisotopic (exact) mass is 411 g/mol. The van der Waals surface area contributed by atoms with Gasteiger partial charge in [0.1, 0.15) is 28.4 Å². The van der Waals surface area contributed by atoms with Gasteiger partial charge in [0, 0.05) is 12.4 Å². The van der Waals surface area contributed by atoms with E-state index in [0.717, 1.165) is 22.0 Å². The van der Waals surface area contributed by atoms with Gasteiger partial charge in [0.25, 0.3) is 0 Å². The maximum Gasteiger partial charge on any atom is 0.410 e. The molecule has 3 aromatic heterocycles. The molecule has 4 heterocycles. The van der Waals surface area contributed by atoms with E-state index in [0.29, 0.717) is 10.8 Å².